The van der Waals surface area contributed by atoms with Crippen LogP contribution in [0.1, 0.15) is 5.56 Å². The van der Waals surface area contributed by atoms with E-state index in [2.05, 4.69) is 15.1 Å². The van der Waals surface area contributed by atoms with Crippen molar-refractivity contribution in [1.82, 2.24) is 3.53 Å². The maximum atomic E-state index is 11.4. The molecule has 1 aromatic rings. The summed E-state index contributed by atoms with van der Waals surface area (Å²) in [7, 11) is 0. The Balaban J connectivity index is 3.10. The molecule has 7 nitrogen and oxygen atoms in total. The summed E-state index contributed by atoms with van der Waals surface area (Å²) in [4.78, 5) is 26.6. The fourth-order valence-electron chi connectivity index (χ4n) is 1.40. The lowest BCUT2D eigenvalue weighted by atomic mass is 10.2. The molecule has 0 atom stereocenters. The molecule has 5 N–H and O–H groups in total. The molecule has 0 bridgehead atoms. The van der Waals surface area contributed by atoms with Crippen molar-refractivity contribution in [2.45, 2.75) is 6.61 Å². The third-order valence-corrected chi connectivity index (χ3v) is 2.95. The SMILES string of the molecule is C=C/C(C(N)=O)=C(\N=C(/N)C(=O)NI)OCc1ccccc1. The molecule has 0 fully saturated rings. The van der Waals surface area contributed by atoms with Crippen LogP contribution in [0.4, 0.5) is 0 Å². The number of amides is 2. The van der Waals surface area contributed by atoms with Gasteiger partial charge in [0.1, 0.15) is 12.2 Å². The number of carbonyl (C=O) groups is 2. The average molecular weight is 414 g/mol. The van der Waals surface area contributed by atoms with E-state index >= 15 is 0 Å². The molecule has 116 valence electrons. The van der Waals surface area contributed by atoms with Crippen molar-refractivity contribution in [3.05, 3.63) is 60.0 Å². The van der Waals surface area contributed by atoms with Gasteiger partial charge in [-0.15, -0.1) is 0 Å². The summed E-state index contributed by atoms with van der Waals surface area (Å²) in [5.41, 5.74) is 11.5. The Morgan fingerprint density at radius 2 is 1.95 bits per heavy atom. The van der Waals surface area contributed by atoms with E-state index < -0.39 is 11.8 Å². The van der Waals surface area contributed by atoms with E-state index in [0.717, 1.165) is 5.56 Å². The van der Waals surface area contributed by atoms with Crippen LogP contribution in [0.3, 0.4) is 0 Å². The van der Waals surface area contributed by atoms with Crippen LogP contribution < -0.4 is 15.0 Å². The first-order valence-electron chi connectivity index (χ1n) is 6.08. The Morgan fingerprint density at radius 1 is 1.32 bits per heavy atom. The van der Waals surface area contributed by atoms with Crippen molar-refractivity contribution in [1.29, 1.82) is 0 Å². The van der Waals surface area contributed by atoms with Gasteiger partial charge in [0.2, 0.25) is 5.88 Å². The van der Waals surface area contributed by atoms with E-state index in [-0.39, 0.29) is 23.9 Å². The second-order valence-electron chi connectivity index (χ2n) is 3.98. The highest BCUT2D eigenvalue weighted by Gasteiger charge is 2.14. The number of halogens is 1. The third kappa shape index (κ3) is 5.20. The Bertz CT molecular complexity index is 626. The minimum Gasteiger partial charge on any atom is -0.472 e. The molecular weight excluding hydrogens is 399 g/mol. The normalized spacial score (nSPS) is 12.1. The summed E-state index contributed by atoms with van der Waals surface area (Å²) in [5.74, 6) is -1.93. The number of rotatable bonds is 6. The minimum atomic E-state index is -0.788. The molecule has 0 radical (unpaired) electrons. The summed E-state index contributed by atoms with van der Waals surface area (Å²) < 4.78 is 7.75. The van der Waals surface area contributed by atoms with Gasteiger partial charge in [-0.05, 0) is 5.56 Å². The number of ether oxygens (including phenoxy) is 1. The maximum absolute atomic E-state index is 11.4. The van der Waals surface area contributed by atoms with E-state index in [1.54, 1.807) is 22.9 Å². The topological polar surface area (TPSA) is 120 Å². The van der Waals surface area contributed by atoms with Gasteiger partial charge in [-0.3, -0.25) is 13.1 Å². The molecule has 0 aliphatic rings. The van der Waals surface area contributed by atoms with Gasteiger partial charge in [0.15, 0.2) is 5.84 Å². The van der Waals surface area contributed by atoms with Gasteiger partial charge in [-0.2, -0.15) is 4.99 Å². The summed E-state index contributed by atoms with van der Waals surface area (Å²) in [6.45, 7) is 3.61. The van der Waals surface area contributed by atoms with Gasteiger partial charge in [0.05, 0.1) is 22.9 Å². The molecule has 0 saturated carbocycles. The zero-order valence-electron chi connectivity index (χ0n) is 11.6. The van der Waals surface area contributed by atoms with Crippen LogP contribution in [0, 0.1) is 0 Å². The Kier molecular flexibility index (Phi) is 7.09. The Labute approximate surface area is 141 Å². The van der Waals surface area contributed by atoms with Crippen LogP contribution >= 0.6 is 22.9 Å². The van der Waals surface area contributed by atoms with Crippen LogP contribution in [0.25, 0.3) is 0 Å². The number of nitrogens with zero attached hydrogens (tertiary/aromatic N) is 1. The standard InChI is InChI=1S/C14H15IN4O3/c1-2-10(12(17)20)14(18-11(16)13(21)19-15)22-8-9-6-4-3-5-7-9/h2-7H,1,8H2,(H2,16,18)(H2,17,20)(H,19,21)/b14-10-. The first kappa shape index (κ1) is 17.7. The molecule has 0 saturated heterocycles. The highest BCUT2D eigenvalue weighted by Crippen LogP contribution is 2.13. The van der Waals surface area contributed by atoms with Gasteiger partial charge in [0.25, 0.3) is 11.8 Å². The smallest absolute Gasteiger partial charge is 0.295 e. The molecule has 0 heterocycles. The number of aliphatic imine (C=N–C) groups is 1. The minimum absolute atomic E-state index is 0.0693. The fourth-order valence-corrected chi connectivity index (χ4v) is 1.67. The zero-order valence-corrected chi connectivity index (χ0v) is 13.7. The predicted molar refractivity (Wildman–Crippen MR) is 91.4 cm³/mol. The number of carbonyl (C=O) groups excluding carboxylic acids is 2. The monoisotopic (exact) mass is 414 g/mol. The van der Waals surface area contributed by atoms with E-state index in [0.29, 0.717) is 0 Å². The quantitative estimate of drug-likeness (QED) is 0.122. The second-order valence-corrected chi connectivity index (χ2v) is 4.52. The van der Waals surface area contributed by atoms with E-state index in [9.17, 15) is 9.59 Å². The van der Waals surface area contributed by atoms with E-state index in [1.807, 2.05) is 30.3 Å². The molecule has 2 amide bonds. The van der Waals surface area contributed by atoms with Gasteiger partial charge in [0, 0.05) is 0 Å². The summed E-state index contributed by atoms with van der Waals surface area (Å²) in [6.07, 6.45) is 1.20. The first-order chi connectivity index (χ1) is 10.5. The molecule has 0 aliphatic heterocycles. The average Bonchev–Trinajstić information content (AvgIpc) is 2.52. The maximum Gasteiger partial charge on any atom is 0.295 e. The molecule has 1 rings (SSSR count). The number of nitrogens with two attached hydrogens (primary N) is 2. The van der Waals surface area contributed by atoms with Gasteiger partial charge in [-0.1, -0.05) is 43.0 Å². The fraction of sp³-hybridized carbons (Fsp3) is 0.0714. The molecule has 22 heavy (non-hydrogen) atoms. The van der Waals surface area contributed by atoms with Crippen LogP contribution in [-0.2, 0) is 20.9 Å². The van der Waals surface area contributed by atoms with Crippen molar-refractivity contribution in [2.75, 3.05) is 0 Å². The largest absolute Gasteiger partial charge is 0.472 e. The molecule has 8 heteroatoms. The summed E-state index contributed by atoms with van der Waals surface area (Å²) in [5, 5.41) is 0. The van der Waals surface area contributed by atoms with Crippen LogP contribution in [-0.4, -0.2) is 17.6 Å². The van der Waals surface area contributed by atoms with Crippen LogP contribution in [0.2, 0.25) is 0 Å². The molecule has 0 aliphatic carbocycles. The zero-order chi connectivity index (χ0) is 16.5. The molecular formula is C14H15IN4O3. The molecule has 1 aromatic carbocycles. The number of hydrogen-bond donors (Lipinski definition) is 3. The van der Waals surface area contributed by atoms with Gasteiger partial charge >= 0.3 is 0 Å². The number of nitrogens with one attached hydrogen (secondary N) is 1. The molecule has 0 aromatic heterocycles. The summed E-state index contributed by atoms with van der Waals surface area (Å²) >= 11 is 1.62. The van der Waals surface area contributed by atoms with Crippen molar-refractivity contribution in [3.8, 4) is 0 Å². The van der Waals surface area contributed by atoms with Crippen molar-refractivity contribution in [3.63, 3.8) is 0 Å². The Hall–Kier alpha value is -2.36. The number of hydrogen-bond acceptors (Lipinski definition) is 4. The van der Waals surface area contributed by atoms with E-state index in [4.69, 9.17) is 16.2 Å². The predicted octanol–water partition coefficient (Wildman–Crippen LogP) is 0.909. The van der Waals surface area contributed by atoms with Crippen LogP contribution in [0.5, 0.6) is 0 Å². The lowest BCUT2D eigenvalue weighted by Crippen LogP contribution is -2.31. The second kappa shape index (κ2) is 8.82. The highest BCUT2D eigenvalue weighted by molar-refractivity contribution is 14.1. The van der Waals surface area contributed by atoms with Crippen LogP contribution in [0.15, 0.2) is 59.4 Å². The first-order valence-corrected chi connectivity index (χ1v) is 7.15. The number of amidine groups is 1. The van der Waals surface area contributed by atoms with Crippen molar-refractivity contribution < 1.29 is 14.3 Å². The highest BCUT2D eigenvalue weighted by atomic mass is 127. The van der Waals surface area contributed by atoms with Crippen molar-refractivity contribution >= 4 is 40.5 Å². The van der Waals surface area contributed by atoms with E-state index in [1.165, 1.54) is 6.08 Å². The third-order valence-electron chi connectivity index (χ3n) is 2.46. The number of benzene rings is 1. The molecule has 0 unspecified atom stereocenters. The lowest BCUT2D eigenvalue weighted by molar-refractivity contribution is -0.115. The van der Waals surface area contributed by atoms with Crippen molar-refractivity contribution in [2.24, 2.45) is 16.5 Å². The Morgan fingerprint density at radius 3 is 2.45 bits per heavy atom. The van der Waals surface area contributed by atoms with Gasteiger partial charge in [-0.25, -0.2) is 0 Å². The molecule has 0 spiro atoms. The summed E-state index contributed by atoms with van der Waals surface area (Å²) in [6, 6.07) is 9.21. The number of primary amides is 1. The van der Waals surface area contributed by atoms with Gasteiger partial charge < -0.3 is 16.2 Å². The lowest BCUT2D eigenvalue weighted by Gasteiger charge is -2.10.